The van der Waals surface area contributed by atoms with Crippen molar-refractivity contribution in [3.8, 4) is 5.75 Å². The zero-order valence-electron chi connectivity index (χ0n) is 16.9. The predicted molar refractivity (Wildman–Crippen MR) is 113 cm³/mol. The van der Waals surface area contributed by atoms with E-state index in [1.165, 1.54) is 5.01 Å². The molecule has 0 bridgehead atoms. The number of rotatable bonds is 7. The molecule has 0 saturated carbocycles. The number of carbonyl (C=O) groups excluding carboxylic acids is 2. The topological polar surface area (TPSA) is 73.2 Å². The largest absolute Gasteiger partial charge is 0.508 e. The molecule has 1 atom stereocenters. The van der Waals surface area contributed by atoms with Crippen LogP contribution in [-0.2, 0) is 16.0 Å². The summed E-state index contributed by atoms with van der Waals surface area (Å²) in [6.45, 7) is 2.54. The molecule has 1 aliphatic heterocycles. The lowest BCUT2D eigenvalue weighted by atomic mass is 10.1. The zero-order valence-corrected chi connectivity index (χ0v) is 16.9. The highest BCUT2D eigenvalue weighted by Gasteiger charge is 2.23. The van der Waals surface area contributed by atoms with E-state index in [0.717, 1.165) is 23.3 Å². The number of phenolic OH excluding ortho intramolecular Hbond substituents is 1. The molecular formula is C23H27N3O3. The van der Waals surface area contributed by atoms with Crippen LogP contribution < -0.4 is 0 Å². The van der Waals surface area contributed by atoms with Gasteiger partial charge in [-0.1, -0.05) is 42.5 Å². The molecule has 0 radical (unpaired) electrons. The lowest BCUT2D eigenvalue weighted by molar-refractivity contribution is -0.137. The Kier molecular flexibility index (Phi) is 6.65. The SMILES string of the molecule is C[C@@H](Cc1ccc(O)cc1)N(C)C(=O)CCC(=O)N1CCC(c2ccccc2)=N1. The van der Waals surface area contributed by atoms with E-state index in [-0.39, 0.29) is 36.4 Å². The van der Waals surface area contributed by atoms with Crippen molar-refractivity contribution in [3.05, 3.63) is 65.7 Å². The van der Waals surface area contributed by atoms with Crippen LogP contribution >= 0.6 is 0 Å². The summed E-state index contributed by atoms with van der Waals surface area (Å²) in [4.78, 5) is 26.7. The van der Waals surface area contributed by atoms with Crippen molar-refractivity contribution >= 4 is 17.5 Å². The molecule has 0 spiro atoms. The summed E-state index contributed by atoms with van der Waals surface area (Å²) in [7, 11) is 1.76. The van der Waals surface area contributed by atoms with E-state index in [4.69, 9.17) is 0 Å². The Balaban J connectivity index is 1.48. The maximum Gasteiger partial charge on any atom is 0.243 e. The van der Waals surface area contributed by atoms with Gasteiger partial charge in [-0.15, -0.1) is 0 Å². The first-order valence-electron chi connectivity index (χ1n) is 9.91. The van der Waals surface area contributed by atoms with Gasteiger partial charge in [0.15, 0.2) is 0 Å². The summed E-state index contributed by atoms with van der Waals surface area (Å²) in [5, 5.41) is 15.3. The summed E-state index contributed by atoms with van der Waals surface area (Å²) >= 11 is 0. The predicted octanol–water partition coefficient (Wildman–Crippen LogP) is 3.20. The smallest absolute Gasteiger partial charge is 0.243 e. The summed E-state index contributed by atoms with van der Waals surface area (Å²) in [6, 6.07) is 16.8. The van der Waals surface area contributed by atoms with Crippen LogP contribution in [0.4, 0.5) is 0 Å². The quantitative estimate of drug-likeness (QED) is 0.785. The van der Waals surface area contributed by atoms with Crippen LogP contribution in [0, 0.1) is 0 Å². The van der Waals surface area contributed by atoms with Crippen molar-refractivity contribution in [1.29, 1.82) is 0 Å². The minimum Gasteiger partial charge on any atom is -0.508 e. The number of phenols is 1. The van der Waals surface area contributed by atoms with Crippen LogP contribution in [0.1, 0.15) is 37.3 Å². The Morgan fingerprint density at radius 1 is 1.10 bits per heavy atom. The lowest BCUT2D eigenvalue weighted by Gasteiger charge is -2.25. The molecule has 0 aromatic heterocycles. The van der Waals surface area contributed by atoms with Gasteiger partial charge in [-0.2, -0.15) is 5.10 Å². The van der Waals surface area contributed by atoms with E-state index < -0.39 is 0 Å². The van der Waals surface area contributed by atoms with E-state index in [0.29, 0.717) is 13.0 Å². The number of hydrogen-bond donors (Lipinski definition) is 1. The van der Waals surface area contributed by atoms with Gasteiger partial charge >= 0.3 is 0 Å². The van der Waals surface area contributed by atoms with Gasteiger partial charge in [0, 0.05) is 32.4 Å². The fourth-order valence-electron chi connectivity index (χ4n) is 3.35. The molecule has 0 saturated heterocycles. The minimum absolute atomic E-state index is 0.00312. The summed E-state index contributed by atoms with van der Waals surface area (Å²) in [6.07, 6.45) is 1.74. The van der Waals surface area contributed by atoms with Crippen molar-refractivity contribution in [2.75, 3.05) is 13.6 Å². The first-order chi connectivity index (χ1) is 13.9. The van der Waals surface area contributed by atoms with E-state index in [9.17, 15) is 14.7 Å². The Hall–Kier alpha value is -3.15. The fraction of sp³-hybridized carbons (Fsp3) is 0.348. The lowest BCUT2D eigenvalue weighted by Crippen LogP contribution is -2.37. The molecule has 6 heteroatoms. The van der Waals surface area contributed by atoms with Crippen LogP contribution in [0.15, 0.2) is 59.7 Å². The summed E-state index contributed by atoms with van der Waals surface area (Å²) < 4.78 is 0. The summed E-state index contributed by atoms with van der Waals surface area (Å²) in [5.74, 6) is 0.0456. The summed E-state index contributed by atoms with van der Waals surface area (Å²) in [5.41, 5.74) is 2.98. The van der Waals surface area contributed by atoms with Crippen molar-refractivity contribution < 1.29 is 14.7 Å². The van der Waals surface area contributed by atoms with Crippen LogP contribution in [-0.4, -0.2) is 52.2 Å². The van der Waals surface area contributed by atoms with Crippen molar-refractivity contribution in [1.82, 2.24) is 9.91 Å². The van der Waals surface area contributed by atoms with Gasteiger partial charge in [0.05, 0.1) is 12.3 Å². The number of carbonyl (C=O) groups is 2. The standard InChI is InChI=1S/C23H27N3O3/c1-17(16-18-8-10-20(27)11-9-18)25(2)22(28)12-13-23(29)26-15-14-21(24-26)19-6-4-3-5-7-19/h3-11,17,27H,12-16H2,1-2H3/t17-/m0/s1. The third-order valence-electron chi connectivity index (χ3n) is 5.27. The van der Waals surface area contributed by atoms with Crippen LogP contribution in [0.3, 0.4) is 0 Å². The van der Waals surface area contributed by atoms with E-state index in [1.807, 2.05) is 49.4 Å². The average molecular weight is 393 g/mol. The van der Waals surface area contributed by atoms with Crippen molar-refractivity contribution in [2.24, 2.45) is 5.10 Å². The molecule has 152 valence electrons. The third-order valence-corrected chi connectivity index (χ3v) is 5.27. The number of benzene rings is 2. The van der Waals surface area contributed by atoms with Gasteiger partial charge in [-0.25, -0.2) is 5.01 Å². The van der Waals surface area contributed by atoms with Crippen LogP contribution in [0.25, 0.3) is 0 Å². The number of nitrogens with zero attached hydrogens (tertiary/aromatic N) is 3. The molecule has 1 heterocycles. The minimum atomic E-state index is -0.121. The first kappa shape index (κ1) is 20.6. The molecule has 29 heavy (non-hydrogen) atoms. The van der Waals surface area contributed by atoms with Crippen LogP contribution in [0.2, 0.25) is 0 Å². The first-order valence-corrected chi connectivity index (χ1v) is 9.91. The highest BCUT2D eigenvalue weighted by Crippen LogP contribution is 2.16. The Morgan fingerprint density at radius 3 is 2.48 bits per heavy atom. The fourth-order valence-corrected chi connectivity index (χ4v) is 3.35. The second-order valence-corrected chi connectivity index (χ2v) is 7.40. The van der Waals surface area contributed by atoms with Crippen LogP contribution in [0.5, 0.6) is 5.75 Å². The maximum absolute atomic E-state index is 12.5. The van der Waals surface area contributed by atoms with Gasteiger partial charge in [-0.3, -0.25) is 9.59 Å². The van der Waals surface area contributed by atoms with Gasteiger partial charge in [0.25, 0.3) is 0 Å². The number of likely N-dealkylation sites (N-methyl/N-ethyl adjacent to an activating group) is 1. The molecule has 3 rings (SSSR count). The molecular weight excluding hydrogens is 366 g/mol. The Morgan fingerprint density at radius 2 is 1.79 bits per heavy atom. The normalized spacial score (nSPS) is 14.4. The molecule has 0 fully saturated rings. The molecule has 1 aliphatic rings. The van der Waals surface area contributed by atoms with Crippen molar-refractivity contribution in [3.63, 3.8) is 0 Å². The second kappa shape index (κ2) is 9.37. The molecule has 6 nitrogen and oxygen atoms in total. The van der Waals surface area contributed by atoms with Gasteiger partial charge in [0.2, 0.25) is 11.8 Å². The van der Waals surface area contributed by atoms with E-state index in [1.54, 1.807) is 24.1 Å². The number of amides is 2. The number of hydrazone groups is 1. The van der Waals surface area contributed by atoms with E-state index >= 15 is 0 Å². The second-order valence-electron chi connectivity index (χ2n) is 7.40. The van der Waals surface area contributed by atoms with E-state index in [2.05, 4.69) is 5.10 Å². The van der Waals surface area contributed by atoms with Gasteiger partial charge < -0.3 is 10.0 Å². The molecule has 1 N–H and O–H groups in total. The maximum atomic E-state index is 12.5. The van der Waals surface area contributed by atoms with Gasteiger partial charge in [0.1, 0.15) is 5.75 Å². The molecule has 2 aromatic carbocycles. The zero-order chi connectivity index (χ0) is 20.8. The highest BCUT2D eigenvalue weighted by molar-refractivity contribution is 6.02. The molecule has 2 amide bonds. The monoisotopic (exact) mass is 393 g/mol. The van der Waals surface area contributed by atoms with Gasteiger partial charge in [-0.05, 0) is 36.6 Å². The number of hydrogen-bond acceptors (Lipinski definition) is 4. The number of aromatic hydroxyl groups is 1. The Bertz CT molecular complexity index is 878. The highest BCUT2D eigenvalue weighted by atomic mass is 16.3. The Labute approximate surface area is 171 Å². The molecule has 0 aliphatic carbocycles. The molecule has 2 aromatic rings. The third kappa shape index (κ3) is 5.44. The van der Waals surface area contributed by atoms with Crippen molar-refractivity contribution in [2.45, 2.75) is 38.6 Å². The average Bonchev–Trinajstić information content (AvgIpc) is 3.24. The molecule has 0 unspecified atom stereocenters.